The average molecular weight is 461 g/mol. The lowest BCUT2D eigenvalue weighted by atomic mass is 10.2. The molecule has 0 fully saturated rings. The van der Waals surface area contributed by atoms with Crippen molar-refractivity contribution in [1.82, 2.24) is 4.47 Å². The van der Waals surface area contributed by atoms with E-state index in [0.717, 1.165) is 10.0 Å². The molecule has 3 aromatic carbocycles. The first-order chi connectivity index (χ1) is 14.7. The molecule has 31 heavy (non-hydrogen) atoms. The molecule has 0 aliphatic carbocycles. The highest BCUT2D eigenvalue weighted by Gasteiger charge is 2.21. The highest BCUT2D eigenvalue weighted by molar-refractivity contribution is 7.89. The summed E-state index contributed by atoms with van der Waals surface area (Å²) in [6, 6.07) is 17.9. The van der Waals surface area contributed by atoms with Gasteiger partial charge in [0.2, 0.25) is 0 Å². The van der Waals surface area contributed by atoms with Gasteiger partial charge >= 0.3 is 0 Å². The second-order valence-electron chi connectivity index (χ2n) is 6.63. The Morgan fingerprint density at radius 1 is 1.00 bits per heavy atom. The molecule has 0 saturated carbocycles. The number of amides is 1. The molecule has 0 radical (unpaired) electrons. The number of nitrogens with one attached hydrogen (secondary N) is 1. The van der Waals surface area contributed by atoms with Crippen LogP contribution in [-0.2, 0) is 14.9 Å². The summed E-state index contributed by atoms with van der Waals surface area (Å²) in [4.78, 5) is 17.5. The molecular formula is C22H21ClN2O5S. The molecule has 0 aromatic heterocycles. The van der Waals surface area contributed by atoms with E-state index in [9.17, 15) is 13.2 Å². The summed E-state index contributed by atoms with van der Waals surface area (Å²) in [5, 5.41) is 3.18. The van der Waals surface area contributed by atoms with Crippen LogP contribution in [-0.4, -0.2) is 33.0 Å². The number of hydroxylamine groups is 1. The number of benzene rings is 3. The van der Waals surface area contributed by atoms with Crippen molar-refractivity contribution < 1.29 is 22.8 Å². The molecule has 0 bridgehead atoms. The highest BCUT2D eigenvalue weighted by atomic mass is 35.5. The molecule has 1 N–H and O–H groups in total. The Balaban J connectivity index is 1.81. The SMILES string of the molecule is CON(C)S(=O)(=O)c1ccc(C(=O)Nc2cc(Cl)ccc2Oc2ccc(C)cc2)cc1. The molecule has 0 saturated heterocycles. The maximum Gasteiger partial charge on any atom is 0.264 e. The fraction of sp³-hybridized carbons (Fsp3) is 0.136. The molecule has 3 aromatic rings. The molecule has 0 atom stereocenters. The normalized spacial score (nSPS) is 11.4. The quantitative estimate of drug-likeness (QED) is 0.508. The number of rotatable bonds is 7. The topological polar surface area (TPSA) is 84.9 Å². The average Bonchev–Trinajstić information content (AvgIpc) is 2.76. The summed E-state index contributed by atoms with van der Waals surface area (Å²) in [5.41, 5.74) is 1.74. The molecule has 0 aliphatic heterocycles. The van der Waals surface area contributed by atoms with Crippen molar-refractivity contribution in [3.05, 3.63) is 82.9 Å². The Bertz CT molecular complexity index is 1180. The zero-order chi connectivity index (χ0) is 22.6. The number of hydrogen-bond acceptors (Lipinski definition) is 5. The third kappa shape index (κ3) is 5.42. The molecule has 7 nitrogen and oxygen atoms in total. The van der Waals surface area contributed by atoms with E-state index >= 15 is 0 Å². The zero-order valence-electron chi connectivity index (χ0n) is 17.1. The second kappa shape index (κ2) is 9.49. The Morgan fingerprint density at radius 3 is 2.26 bits per heavy atom. The van der Waals surface area contributed by atoms with Crippen molar-refractivity contribution in [3.8, 4) is 11.5 Å². The number of carbonyl (C=O) groups is 1. The second-order valence-corrected chi connectivity index (χ2v) is 9.00. The van der Waals surface area contributed by atoms with Gasteiger partial charge in [0.15, 0.2) is 5.75 Å². The zero-order valence-corrected chi connectivity index (χ0v) is 18.7. The molecule has 0 unspecified atom stereocenters. The van der Waals surface area contributed by atoms with Crippen LogP contribution < -0.4 is 10.1 Å². The Kier molecular flexibility index (Phi) is 6.97. The van der Waals surface area contributed by atoms with Crippen molar-refractivity contribution >= 4 is 33.2 Å². The lowest BCUT2D eigenvalue weighted by molar-refractivity contribution is -0.0258. The molecular weight excluding hydrogens is 440 g/mol. The van der Waals surface area contributed by atoms with Crippen molar-refractivity contribution in [2.24, 2.45) is 0 Å². The molecule has 1 amide bonds. The highest BCUT2D eigenvalue weighted by Crippen LogP contribution is 2.32. The number of halogens is 1. The molecule has 0 spiro atoms. The fourth-order valence-electron chi connectivity index (χ4n) is 2.64. The van der Waals surface area contributed by atoms with Gasteiger partial charge in [0, 0.05) is 17.6 Å². The van der Waals surface area contributed by atoms with Gasteiger partial charge in [-0.1, -0.05) is 33.8 Å². The van der Waals surface area contributed by atoms with Gasteiger partial charge < -0.3 is 10.1 Å². The van der Waals surface area contributed by atoms with Crippen LogP contribution in [0.1, 0.15) is 15.9 Å². The van der Waals surface area contributed by atoms with Gasteiger partial charge in [-0.2, -0.15) is 0 Å². The number of carbonyl (C=O) groups excluding carboxylic acids is 1. The summed E-state index contributed by atoms with van der Waals surface area (Å²) in [6.07, 6.45) is 0. The maximum absolute atomic E-state index is 12.7. The van der Waals surface area contributed by atoms with Crippen LogP contribution in [0.3, 0.4) is 0 Å². The van der Waals surface area contributed by atoms with E-state index < -0.39 is 15.9 Å². The standard InChI is InChI=1S/C22H21ClN2O5S/c1-15-4-9-18(10-5-15)30-21-13-8-17(23)14-20(21)24-22(26)16-6-11-19(12-7-16)31(27,28)25(2)29-3/h4-14H,1-3H3,(H,24,26). The van der Waals surface area contributed by atoms with E-state index in [0.29, 0.717) is 22.2 Å². The van der Waals surface area contributed by atoms with E-state index in [1.54, 1.807) is 18.2 Å². The maximum atomic E-state index is 12.7. The summed E-state index contributed by atoms with van der Waals surface area (Å²) < 4.78 is 31.2. The predicted molar refractivity (Wildman–Crippen MR) is 119 cm³/mol. The van der Waals surface area contributed by atoms with Crippen molar-refractivity contribution in [2.75, 3.05) is 19.5 Å². The number of sulfonamides is 1. The van der Waals surface area contributed by atoms with Crippen LogP contribution in [0, 0.1) is 6.92 Å². The monoisotopic (exact) mass is 460 g/mol. The number of anilines is 1. The first kappa shape index (κ1) is 22.8. The van der Waals surface area contributed by atoms with Crippen LogP contribution in [0.25, 0.3) is 0 Å². The number of aryl methyl sites for hydroxylation is 1. The summed E-state index contributed by atoms with van der Waals surface area (Å²) >= 11 is 6.09. The van der Waals surface area contributed by atoms with Crippen LogP contribution in [0.4, 0.5) is 5.69 Å². The van der Waals surface area contributed by atoms with Crippen molar-refractivity contribution in [2.45, 2.75) is 11.8 Å². The minimum Gasteiger partial charge on any atom is -0.455 e. The first-order valence-corrected chi connectivity index (χ1v) is 11.0. The largest absolute Gasteiger partial charge is 0.455 e. The Morgan fingerprint density at radius 2 is 1.65 bits per heavy atom. The van der Waals surface area contributed by atoms with Crippen LogP contribution in [0.2, 0.25) is 5.02 Å². The summed E-state index contributed by atoms with van der Waals surface area (Å²) in [5.74, 6) is 0.586. The predicted octanol–water partition coefficient (Wildman–Crippen LogP) is 4.87. The van der Waals surface area contributed by atoms with Crippen molar-refractivity contribution in [3.63, 3.8) is 0 Å². The number of hydrogen-bond donors (Lipinski definition) is 1. The van der Waals surface area contributed by atoms with Gasteiger partial charge in [-0.05, 0) is 61.5 Å². The van der Waals surface area contributed by atoms with E-state index in [1.807, 2.05) is 31.2 Å². The summed E-state index contributed by atoms with van der Waals surface area (Å²) in [6.45, 7) is 1.97. The molecule has 0 heterocycles. The van der Waals surface area contributed by atoms with Crippen LogP contribution in [0.15, 0.2) is 71.6 Å². The number of ether oxygens (including phenoxy) is 1. The van der Waals surface area contributed by atoms with E-state index in [1.165, 1.54) is 38.4 Å². The van der Waals surface area contributed by atoms with Crippen LogP contribution >= 0.6 is 11.6 Å². The van der Waals surface area contributed by atoms with Gasteiger partial charge in [0.25, 0.3) is 15.9 Å². The van der Waals surface area contributed by atoms with Crippen LogP contribution in [0.5, 0.6) is 11.5 Å². The van der Waals surface area contributed by atoms with E-state index in [2.05, 4.69) is 5.32 Å². The minimum absolute atomic E-state index is 0.000418. The third-order valence-electron chi connectivity index (χ3n) is 4.45. The van der Waals surface area contributed by atoms with Crippen molar-refractivity contribution in [1.29, 1.82) is 0 Å². The number of nitrogens with zero attached hydrogens (tertiary/aromatic N) is 1. The first-order valence-electron chi connectivity index (χ1n) is 9.19. The van der Waals surface area contributed by atoms with Gasteiger partial charge in [0.1, 0.15) is 5.75 Å². The fourth-order valence-corrected chi connectivity index (χ4v) is 3.79. The van der Waals surface area contributed by atoms with E-state index in [4.69, 9.17) is 21.2 Å². The summed E-state index contributed by atoms with van der Waals surface area (Å²) in [7, 11) is -1.27. The van der Waals surface area contributed by atoms with Gasteiger partial charge in [-0.25, -0.2) is 8.42 Å². The lowest BCUT2D eigenvalue weighted by Gasteiger charge is -2.15. The Hall–Kier alpha value is -2.91. The lowest BCUT2D eigenvalue weighted by Crippen LogP contribution is -2.25. The smallest absolute Gasteiger partial charge is 0.264 e. The third-order valence-corrected chi connectivity index (χ3v) is 6.38. The van der Waals surface area contributed by atoms with Gasteiger partial charge in [0.05, 0.1) is 17.7 Å². The molecule has 162 valence electrons. The molecule has 0 aliphatic rings. The van der Waals surface area contributed by atoms with E-state index in [-0.39, 0.29) is 10.5 Å². The Labute approximate surface area is 186 Å². The molecule has 9 heteroatoms. The minimum atomic E-state index is -3.80. The van der Waals surface area contributed by atoms with Gasteiger partial charge in [-0.15, -0.1) is 0 Å². The molecule has 3 rings (SSSR count). The van der Waals surface area contributed by atoms with Gasteiger partial charge in [-0.3, -0.25) is 9.63 Å².